The van der Waals surface area contributed by atoms with E-state index in [-0.39, 0.29) is 0 Å². The first-order valence-electron chi connectivity index (χ1n) is 5.46. The van der Waals surface area contributed by atoms with Gasteiger partial charge in [-0.05, 0) is 36.8 Å². The number of nitriles is 2. The summed E-state index contributed by atoms with van der Waals surface area (Å²) in [4.78, 5) is 1.82. The first kappa shape index (κ1) is 12.2. The number of hydrogen-bond acceptors (Lipinski definition) is 4. The topological polar surface area (TPSA) is 59.6 Å². The summed E-state index contributed by atoms with van der Waals surface area (Å²) in [6.07, 6.45) is 0. The predicted molar refractivity (Wildman–Crippen MR) is 72.3 cm³/mol. The van der Waals surface area contributed by atoms with E-state index < -0.39 is 0 Å². The van der Waals surface area contributed by atoms with Crippen LogP contribution in [0.2, 0.25) is 0 Å². The van der Waals surface area contributed by atoms with Crippen LogP contribution in [0.25, 0.3) is 0 Å². The van der Waals surface area contributed by atoms with Crippen LogP contribution in [-0.4, -0.2) is 0 Å². The highest BCUT2D eigenvalue weighted by molar-refractivity contribution is 7.12. The van der Waals surface area contributed by atoms with Crippen LogP contribution in [0, 0.1) is 29.6 Å². The zero-order valence-corrected chi connectivity index (χ0v) is 10.7. The summed E-state index contributed by atoms with van der Waals surface area (Å²) in [7, 11) is 0. The first-order valence-corrected chi connectivity index (χ1v) is 6.28. The Bertz CT molecular complexity index is 644. The SMILES string of the molecule is Cc1ccc(C#N)cc1NCc1ccc(C#N)s1. The van der Waals surface area contributed by atoms with Crippen molar-refractivity contribution in [2.45, 2.75) is 13.5 Å². The van der Waals surface area contributed by atoms with E-state index in [4.69, 9.17) is 10.5 Å². The number of thiophene rings is 1. The number of rotatable bonds is 3. The maximum absolute atomic E-state index is 8.86. The summed E-state index contributed by atoms with van der Waals surface area (Å²) < 4.78 is 0. The Morgan fingerprint density at radius 1 is 1.17 bits per heavy atom. The number of anilines is 1. The standard InChI is InChI=1S/C14H11N3S/c1-10-2-3-11(7-15)6-14(10)17-9-13-5-4-12(8-16)18-13/h2-6,17H,9H2,1H3. The van der Waals surface area contributed by atoms with Gasteiger partial charge in [0.15, 0.2) is 0 Å². The molecule has 4 heteroatoms. The van der Waals surface area contributed by atoms with Gasteiger partial charge in [0.2, 0.25) is 0 Å². The molecule has 0 amide bonds. The molecular weight excluding hydrogens is 242 g/mol. The van der Waals surface area contributed by atoms with E-state index in [9.17, 15) is 0 Å². The minimum atomic E-state index is 0.645. The molecule has 0 aliphatic rings. The third kappa shape index (κ3) is 2.68. The van der Waals surface area contributed by atoms with Gasteiger partial charge < -0.3 is 5.32 Å². The van der Waals surface area contributed by atoms with Gasteiger partial charge in [0.05, 0.1) is 11.6 Å². The molecule has 1 N–H and O–H groups in total. The lowest BCUT2D eigenvalue weighted by molar-refractivity contribution is 1.18. The van der Waals surface area contributed by atoms with Crippen LogP contribution in [0.3, 0.4) is 0 Å². The molecule has 2 aromatic rings. The van der Waals surface area contributed by atoms with Crippen molar-refractivity contribution in [1.82, 2.24) is 0 Å². The van der Waals surface area contributed by atoms with Gasteiger partial charge in [-0.2, -0.15) is 10.5 Å². The van der Waals surface area contributed by atoms with E-state index in [0.717, 1.165) is 16.1 Å². The van der Waals surface area contributed by atoms with E-state index >= 15 is 0 Å². The van der Waals surface area contributed by atoms with Crippen molar-refractivity contribution in [2.24, 2.45) is 0 Å². The Hall–Kier alpha value is -2.30. The average Bonchev–Trinajstić information content (AvgIpc) is 2.86. The molecule has 0 aliphatic carbocycles. The highest BCUT2D eigenvalue weighted by Gasteiger charge is 2.02. The second-order valence-electron chi connectivity index (χ2n) is 3.87. The van der Waals surface area contributed by atoms with E-state index in [1.807, 2.05) is 31.2 Å². The zero-order valence-electron chi connectivity index (χ0n) is 9.90. The van der Waals surface area contributed by atoms with Gasteiger partial charge in [-0.3, -0.25) is 0 Å². The Kier molecular flexibility index (Phi) is 3.62. The normalized spacial score (nSPS) is 9.50. The van der Waals surface area contributed by atoms with Crippen LogP contribution < -0.4 is 5.32 Å². The van der Waals surface area contributed by atoms with Crippen molar-refractivity contribution >= 4 is 17.0 Å². The smallest absolute Gasteiger partial charge is 0.110 e. The number of nitrogens with zero attached hydrogens (tertiary/aromatic N) is 2. The molecule has 88 valence electrons. The fourth-order valence-corrected chi connectivity index (χ4v) is 2.34. The summed E-state index contributed by atoms with van der Waals surface area (Å²) in [5, 5.41) is 20.9. The van der Waals surface area contributed by atoms with Gasteiger partial charge in [0.25, 0.3) is 0 Å². The van der Waals surface area contributed by atoms with Gasteiger partial charge in [0, 0.05) is 17.1 Å². The third-order valence-electron chi connectivity index (χ3n) is 2.59. The molecule has 2 rings (SSSR count). The van der Waals surface area contributed by atoms with Crippen LogP contribution in [-0.2, 0) is 6.54 Å². The molecule has 0 spiro atoms. The minimum Gasteiger partial charge on any atom is -0.380 e. The molecule has 3 nitrogen and oxygen atoms in total. The van der Waals surface area contributed by atoms with Gasteiger partial charge in [-0.15, -0.1) is 11.3 Å². The van der Waals surface area contributed by atoms with Crippen molar-refractivity contribution in [3.8, 4) is 12.1 Å². The van der Waals surface area contributed by atoms with Crippen LogP contribution >= 0.6 is 11.3 Å². The maximum atomic E-state index is 8.86. The summed E-state index contributed by atoms with van der Waals surface area (Å²) in [6.45, 7) is 2.67. The highest BCUT2D eigenvalue weighted by Crippen LogP contribution is 2.20. The first-order chi connectivity index (χ1) is 8.72. The molecule has 18 heavy (non-hydrogen) atoms. The minimum absolute atomic E-state index is 0.645. The van der Waals surface area contributed by atoms with Crippen molar-refractivity contribution in [3.05, 3.63) is 51.2 Å². The maximum Gasteiger partial charge on any atom is 0.110 e. The van der Waals surface area contributed by atoms with Crippen molar-refractivity contribution in [2.75, 3.05) is 5.32 Å². The van der Waals surface area contributed by atoms with Gasteiger partial charge in [0.1, 0.15) is 10.9 Å². The largest absolute Gasteiger partial charge is 0.380 e. The van der Waals surface area contributed by atoms with Crippen LogP contribution in [0.15, 0.2) is 30.3 Å². The molecule has 1 aromatic heterocycles. The number of aryl methyl sites for hydroxylation is 1. The third-order valence-corrected chi connectivity index (χ3v) is 3.58. The number of nitrogens with one attached hydrogen (secondary N) is 1. The molecule has 0 radical (unpaired) electrons. The van der Waals surface area contributed by atoms with Crippen molar-refractivity contribution in [3.63, 3.8) is 0 Å². The Balaban J connectivity index is 2.11. The summed E-state index contributed by atoms with van der Waals surface area (Å²) in [6, 6.07) is 13.6. The molecule has 1 heterocycles. The van der Waals surface area contributed by atoms with Gasteiger partial charge in [-0.25, -0.2) is 0 Å². The quantitative estimate of drug-likeness (QED) is 0.911. The van der Waals surface area contributed by atoms with E-state index in [2.05, 4.69) is 17.5 Å². The highest BCUT2D eigenvalue weighted by atomic mass is 32.1. The second kappa shape index (κ2) is 5.35. The van der Waals surface area contributed by atoms with E-state index in [1.54, 1.807) is 6.07 Å². The van der Waals surface area contributed by atoms with Crippen molar-refractivity contribution in [1.29, 1.82) is 10.5 Å². The fraction of sp³-hybridized carbons (Fsp3) is 0.143. The van der Waals surface area contributed by atoms with Crippen LogP contribution in [0.4, 0.5) is 5.69 Å². The second-order valence-corrected chi connectivity index (χ2v) is 5.04. The Morgan fingerprint density at radius 3 is 2.67 bits per heavy atom. The monoisotopic (exact) mass is 253 g/mol. The Morgan fingerprint density at radius 2 is 2.00 bits per heavy atom. The van der Waals surface area contributed by atoms with E-state index in [1.165, 1.54) is 11.3 Å². The molecule has 0 aliphatic heterocycles. The fourth-order valence-electron chi connectivity index (χ4n) is 1.60. The lowest BCUT2D eigenvalue weighted by Crippen LogP contribution is -1.99. The zero-order chi connectivity index (χ0) is 13.0. The van der Waals surface area contributed by atoms with Crippen LogP contribution in [0.5, 0.6) is 0 Å². The molecule has 0 bridgehead atoms. The molecule has 0 saturated heterocycles. The lowest BCUT2D eigenvalue weighted by Gasteiger charge is -2.08. The van der Waals surface area contributed by atoms with Crippen molar-refractivity contribution < 1.29 is 0 Å². The Labute approximate surface area is 110 Å². The molecule has 0 atom stereocenters. The van der Waals surface area contributed by atoms with Gasteiger partial charge >= 0.3 is 0 Å². The summed E-state index contributed by atoms with van der Waals surface area (Å²) in [5.41, 5.74) is 2.71. The van der Waals surface area contributed by atoms with Gasteiger partial charge in [-0.1, -0.05) is 6.07 Å². The van der Waals surface area contributed by atoms with Crippen LogP contribution in [0.1, 0.15) is 20.9 Å². The number of hydrogen-bond donors (Lipinski definition) is 1. The molecule has 0 fully saturated rings. The molecule has 0 unspecified atom stereocenters. The lowest BCUT2D eigenvalue weighted by atomic mass is 10.1. The summed E-state index contributed by atoms with van der Waals surface area (Å²) in [5.74, 6) is 0. The number of benzene rings is 1. The summed E-state index contributed by atoms with van der Waals surface area (Å²) >= 11 is 1.48. The van der Waals surface area contributed by atoms with E-state index in [0.29, 0.717) is 17.0 Å². The molecule has 1 aromatic carbocycles. The average molecular weight is 253 g/mol. The molecular formula is C14H11N3S. The molecule has 0 saturated carbocycles. The predicted octanol–water partition coefficient (Wildman–Crippen LogP) is 3.41.